The van der Waals surface area contributed by atoms with Crippen LogP contribution in [0.5, 0.6) is 0 Å². The van der Waals surface area contributed by atoms with Crippen molar-refractivity contribution < 1.29 is 81.3 Å². The van der Waals surface area contributed by atoms with Crippen LogP contribution < -0.4 is 74.4 Å². The third-order valence-corrected chi connectivity index (χ3v) is 0.800. The predicted octanol–water partition coefficient (Wildman–Crippen LogP) is -4.05. The van der Waals surface area contributed by atoms with Gasteiger partial charge in [-0.25, -0.2) is 0 Å². The van der Waals surface area contributed by atoms with E-state index in [2.05, 4.69) is 0 Å². The van der Waals surface area contributed by atoms with Gasteiger partial charge in [-0.2, -0.15) is 0 Å². The maximum atomic E-state index is 5.36. The van der Waals surface area contributed by atoms with Crippen LogP contribution in [0.1, 0.15) is 1.43 Å². The molecule has 2 nitrogen and oxygen atoms in total. The van der Waals surface area contributed by atoms with Gasteiger partial charge < -0.3 is 12.4 Å². The minimum atomic E-state index is 0. The van der Waals surface area contributed by atoms with Gasteiger partial charge in [0, 0.05) is 0 Å². The molecule has 10 heavy (non-hydrogen) atoms. The molecule has 0 aliphatic rings. The van der Waals surface area contributed by atoms with Crippen LogP contribution in [0, 0.1) is 0 Å². The molecule has 0 unspecified atom stereocenters. The van der Waals surface area contributed by atoms with Crippen molar-refractivity contribution in [1.29, 1.82) is 0 Å². The molecule has 0 amide bonds. The van der Waals surface area contributed by atoms with Gasteiger partial charge in [0.2, 0.25) is 0 Å². The largest absolute Gasteiger partial charge is 1.00 e. The molecule has 1 aromatic carbocycles. The second-order valence-electron chi connectivity index (χ2n) is 1.41. The number of hydrogen-bond donors (Lipinski definition) is 0. The molecule has 0 spiro atoms. The first kappa shape index (κ1) is 17.4. The molecular weight excluding hydrogens is 248 g/mol. The third kappa shape index (κ3) is 7.36. The van der Waals surface area contributed by atoms with Crippen LogP contribution in [0.3, 0.4) is 0 Å². The Morgan fingerprint density at radius 2 is 1.40 bits per heavy atom. The summed E-state index contributed by atoms with van der Waals surface area (Å²) in [6.07, 6.45) is 0. The van der Waals surface area contributed by atoms with E-state index in [0.717, 1.165) is 5.46 Å². The summed E-state index contributed by atoms with van der Waals surface area (Å²) in [7, 11) is 5.36. The van der Waals surface area contributed by atoms with Gasteiger partial charge in [0.25, 0.3) is 0 Å². The van der Waals surface area contributed by atoms with Gasteiger partial charge in [-0.3, -0.25) is 0 Å². The van der Waals surface area contributed by atoms with E-state index < -0.39 is 0 Å². The second-order valence-corrected chi connectivity index (χ2v) is 1.41. The van der Waals surface area contributed by atoms with E-state index >= 15 is 0 Å². The van der Waals surface area contributed by atoms with E-state index in [1.807, 2.05) is 30.3 Å². The summed E-state index contributed by atoms with van der Waals surface area (Å²) in [6, 6.07) is 9.49. The quantitative estimate of drug-likeness (QED) is 0.425. The fourth-order valence-electron chi connectivity index (χ4n) is 0.453. The minimum Gasteiger partial charge on any atom is -1.00 e. The first-order chi connectivity index (χ1) is 3.39. The van der Waals surface area contributed by atoms with Crippen LogP contribution in [0.4, 0.5) is 0 Å². The molecule has 2 radical (unpaired) electrons. The van der Waals surface area contributed by atoms with Crippen LogP contribution >= 0.6 is 0 Å². The molecule has 1 rings (SSSR count). The van der Waals surface area contributed by atoms with Gasteiger partial charge in [-0.05, 0) is 0 Å². The van der Waals surface area contributed by atoms with Crippen molar-refractivity contribution in [1.82, 2.24) is 0 Å². The van der Waals surface area contributed by atoms with Gasteiger partial charge in [0.15, 0.2) is 0 Å². The first-order valence-corrected chi connectivity index (χ1v) is 2.20. The number of hydrogen-bond acceptors (Lipinski definition) is 0. The van der Waals surface area contributed by atoms with E-state index in [-0.39, 0.29) is 81.3 Å². The maximum absolute atomic E-state index is 5.36. The summed E-state index contributed by atoms with van der Waals surface area (Å²) in [6.45, 7) is 0. The molecule has 0 aliphatic carbocycles. The molecule has 0 fully saturated rings. The molecular formula is C6H10BCsO2. The van der Waals surface area contributed by atoms with Crippen molar-refractivity contribution in [2.24, 2.45) is 0 Å². The first-order valence-electron chi connectivity index (χ1n) is 2.20. The van der Waals surface area contributed by atoms with Crippen LogP contribution in [0.25, 0.3) is 0 Å². The van der Waals surface area contributed by atoms with Crippen molar-refractivity contribution in [3.8, 4) is 0 Å². The predicted molar refractivity (Wildman–Crippen MR) is 40.2 cm³/mol. The minimum absolute atomic E-state index is 0. The Bertz CT molecular complexity index is 151. The number of rotatable bonds is 0. The van der Waals surface area contributed by atoms with Gasteiger partial charge in [-0.15, -0.1) is 0 Å². The summed E-state index contributed by atoms with van der Waals surface area (Å²) in [5, 5.41) is 0. The van der Waals surface area contributed by atoms with Crippen molar-refractivity contribution in [3.05, 3.63) is 30.3 Å². The number of benzene rings is 1. The average Bonchev–Trinajstić information content (AvgIpc) is 1.69. The smallest absolute Gasteiger partial charge is 1.00 e. The Morgan fingerprint density at radius 1 is 1.00 bits per heavy atom. The van der Waals surface area contributed by atoms with Crippen molar-refractivity contribution in [2.45, 2.75) is 0 Å². The Balaban J connectivity index is -0.0000000612. The van der Waals surface area contributed by atoms with Crippen molar-refractivity contribution in [3.63, 3.8) is 0 Å². The van der Waals surface area contributed by atoms with Crippen molar-refractivity contribution >= 4 is 13.3 Å². The van der Waals surface area contributed by atoms with Crippen molar-refractivity contribution in [2.75, 3.05) is 0 Å². The van der Waals surface area contributed by atoms with Gasteiger partial charge in [-0.1, -0.05) is 35.8 Å². The zero-order valence-electron chi connectivity index (χ0n) is 6.96. The molecule has 50 valence electrons. The standard InChI is InChI=1S/C6H5B.Cs.2H2O.H/c7-6-4-2-1-3-5-6;;;;/h1-5H;;2*1H2;/q;+1;;;-1. The molecule has 0 saturated carbocycles. The van der Waals surface area contributed by atoms with Gasteiger partial charge in [0.1, 0.15) is 7.85 Å². The summed E-state index contributed by atoms with van der Waals surface area (Å²) in [5.41, 5.74) is 0.822. The van der Waals surface area contributed by atoms with Crippen LogP contribution in [0.2, 0.25) is 0 Å². The molecule has 4 N–H and O–H groups in total. The fraction of sp³-hybridized carbons (Fsp3) is 0. The topological polar surface area (TPSA) is 63.0 Å². The monoisotopic (exact) mass is 258 g/mol. The molecule has 1 aromatic rings. The van der Waals surface area contributed by atoms with E-state index in [0.29, 0.717) is 0 Å². The summed E-state index contributed by atoms with van der Waals surface area (Å²) in [5.74, 6) is 0. The van der Waals surface area contributed by atoms with Gasteiger partial charge >= 0.3 is 68.9 Å². The zero-order chi connectivity index (χ0) is 5.11. The van der Waals surface area contributed by atoms with E-state index in [4.69, 9.17) is 7.85 Å². The van der Waals surface area contributed by atoms with E-state index in [9.17, 15) is 0 Å². The average molecular weight is 258 g/mol. The molecule has 4 heteroatoms. The Morgan fingerprint density at radius 3 is 1.60 bits per heavy atom. The van der Waals surface area contributed by atoms with Gasteiger partial charge in [0.05, 0.1) is 0 Å². The second kappa shape index (κ2) is 10.3. The Kier molecular flexibility index (Phi) is 17.8. The maximum Gasteiger partial charge on any atom is 1.00 e. The normalized spacial score (nSPS) is 6.00. The SMILES string of the molecule is O.O.[B]c1ccccc1.[Cs+].[H-]. The molecule has 0 atom stereocenters. The van der Waals surface area contributed by atoms with Crippen LogP contribution in [0.15, 0.2) is 30.3 Å². The summed E-state index contributed by atoms with van der Waals surface area (Å²) >= 11 is 0. The summed E-state index contributed by atoms with van der Waals surface area (Å²) in [4.78, 5) is 0. The molecule has 0 aliphatic heterocycles. The fourth-order valence-corrected chi connectivity index (χ4v) is 0.453. The van der Waals surface area contributed by atoms with E-state index in [1.54, 1.807) is 0 Å². The Labute approximate surface area is 122 Å². The third-order valence-electron chi connectivity index (χ3n) is 0.800. The molecule has 0 bridgehead atoms. The molecule has 0 aromatic heterocycles. The molecule has 0 heterocycles. The van der Waals surface area contributed by atoms with Crippen LogP contribution in [-0.2, 0) is 0 Å². The molecule has 0 saturated heterocycles. The summed E-state index contributed by atoms with van der Waals surface area (Å²) < 4.78 is 0. The van der Waals surface area contributed by atoms with Crippen LogP contribution in [-0.4, -0.2) is 18.8 Å². The Hall–Kier alpha value is 1.26. The zero-order valence-corrected chi connectivity index (χ0v) is 12.2. The van der Waals surface area contributed by atoms with E-state index in [1.165, 1.54) is 0 Å².